The van der Waals surface area contributed by atoms with Gasteiger partial charge in [-0.2, -0.15) is 0 Å². The zero-order valence-electron chi connectivity index (χ0n) is 12.1. The van der Waals surface area contributed by atoms with Crippen molar-refractivity contribution in [2.75, 3.05) is 14.2 Å². The van der Waals surface area contributed by atoms with E-state index < -0.39 is 0 Å². The third-order valence-corrected chi connectivity index (χ3v) is 3.61. The zero-order chi connectivity index (χ0) is 16.1. The zero-order valence-corrected chi connectivity index (χ0v) is 13.6. The highest BCUT2D eigenvalue weighted by atomic mass is 35.5. The topological polar surface area (TPSA) is 35.5 Å². The summed E-state index contributed by atoms with van der Waals surface area (Å²) in [6.07, 6.45) is 3.09. The van der Waals surface area contributed by atoms with Crippen LogP contribution >= 0.6 is 23.2 Å². The molecule has 0 spiro atoms. The number of ether oxygens (including phenoxy) is 2. The van der Waals surface area contributed by atoms with E-state index in [1.54, 1.807) is 49.6 Å². The number of carbonyl (C=O) groups excluding carboxylic acids is 1. The molecule has 0 saturated carbocycles. The molecule has 22 heavy (non-hydrogen) atoms. The molecule has 0 bridgehead atoms. The monoisotopic (exact) mass is 336 g/mol. The van der Waals surface area contributed by atoms with E-state index in [0.29, 0.717) is 32.7 Å². The quantitative estimate of drug-likeness (QED) is 0.575. The molecule has 0 radical (unpaired) electrons. The minimum Gasteiger partial charge on any atom is -0.497 e. The van der Waals surface area contributed by atoms with Crippen LogP contribution in [0.5, 0.6) is 11.5 Å². The second kappa shape index (κ2) is 7.34. The SMILES string of the molecule is COc1ccc(C(=O)C=Cc2ccc(Cl)cc2Cl)c(OC)c1. The number of ketones is 1. The molecule has 2 aromatic carbocycles. The van der Waals surface area contributed by atoms with Gasteiger partial charge in [0.25, 0.3) is 0 Å². The number of halogens is 2. The van der Waals surface area contributed by atoms with Crippen LogP contribution in [0, 0.1) is 0 Å². The van der Waals surface area contributed by atoms with Crippen molar-refractivity contribution < 1.29 is 14.3 Å². The minimum absolute atomic E-state index is 0.189. The lowest BCUT2D eigenvalue weighted by Crippen LogP contribution is -1.99. The highest BCUT2D eigenvalue weighted by molar-refractivity contribution is 6.35. The van der Waals surface area contributed by atoms with Crippen molar-refractivity contribution >= 4 is 35.1 Å². The fourth-order valence-electron chi connectivity index (χ4n) is 1.89. The lowest BCUT2D eigenvalue weighted by molar-refractivity contribution is 0.104. The molecular formula is C17H14Cl2O3. The summed E-state index contributed by atoms with van der Waals surface area (Å²) in [4.78, 5) is 12.3. The van der Waals surface area contributed by atoms with Crippen LogP contribution in [0.15, 0.2) is 42.5 Å². The van der Waals surface area contributed by atoms with Crippen LogP contribution in [-0.2, 0) is 0 Å². The Morgan fingerprint density at radius 3 is 2.45 bits per heavy atom. The average Bonchev–Trinajstić information content (AvgIpc) is 2.53. The molecule has 0 heterocycles. The molecule has 0 saturated heterocycles. The van der Waals surface area contributed by atoms with E-state index in [1.165, 1.54) is 13.2 Å². The smallest absolute Gasteiger partial charge is 0.189 e. The summed E-state index contributed by atoms with van der Waals surface area (Å²) in [5, 5.41) is 1.03. The lowest BCUT2D eigenvalue weighted by Gasteiger charge is -2.08. The minimum atomic E-state index is -0.189. The van der Waals surface area contributed by atoms with Crippen LogP contribution in [-0.4, -0.2) is 20.0 Å². The van der Waals surface area contributed by atoms with Gasteiger partial charge >= 0.3 is 0 Å². The number of hydrogen-bond donors (Lipinski definition) is 0. The first-order valence-electron chi connectivity index (χ1n) is 6.44. The van der Waals surface area contributed by atoms with Gasteiger partial charge in [-0.15, -0.1) is 0 Å². The Morgan fingerprint density at radius 1 is 1.05 bits per heavy atom. The molecule has 0 N–H and O–H groups in total. The molecule has 3 nitrogen and oxygen atoms in total. The molecule has 0 aliphatic carbocycles. The van der Waals surface area contributed by atoms with Crippen LogP contribution in [0.1, 0.15) is 15.9 Å². The van der Waals surface area contributed by atoms with Gasteiger partial charge in [-0.1, -0.05) is 29.3 Å². The van der Waals surface area contributed by atoms with Gasteiger partial charge in [-0.05, 0) is 42.0 Å². The largest absolute Gasteiger partial charge is 0.497 e. The van der Waals surface area contributed by atoms with E-state index in [4.69, 9.17) is 32.7 Å². The Labute approximate surface area is 139 Å². The van der Waals surface area contributed by atoms with E-state index in [1.807, 2.05) is 0 Å². The van der Waals surface area contributed by atoms with Gasteiger partial charge in [0.1, 0.15) is 11.5 Å². The normalized spacial score (nSPS) is 10.7. The van der Waals surface area contributed by atoms with Crippen LogP contribution in [0.3, 0.4) is 0 Å². The summed E-state index contributed by atoms with van der Waals surface area (Å²) in [5.41, 5.74) is 1.16. The molecule has 0 unspecified atom stereocenters. The first-order valence-corrected chi connectivity index (χ1v) is 7.20. The maximum Gasteiger partial charge on any atom is 0.189 e. The number of allylic oxidation sites excluding steroid dienone is 1. The van der Waals surface area contributed by atoms with E-state index in [-0.39, 0.29) is 5.78 Å². The summed E-state index contributed by atoms with van der Waals surface area (Å²) in [5.74, 6) is 0.889. The first kappa shape index (κ1) is 16.4. The molecule has 0 aliphatic rings. The first-order chi connectivity index (χ1) is 10.5. The van der Waals surface area contributed by atoms with Crippen LogP contribution in [0.25, 0.3) is 6.08 Å². The molecule has 5 heteroatoms. The van der Waals surface area contributed by atoms with Crippen molar-refractivity contribution in [3.63, 3.8) is 0 Å². The fraction of sp³-hybridized carbons (Fsp3) is 0.118. The van der Waals surface area contributed by atoms with Gasteiger partial charge in [0, 0.05) is 16.1 Å². The predicted molar refractivity (Wildman–Crippen MR) is 89.4 cm³/mol. The summed E-state index contributed by atoms with van der Waals surface area (Å²) >= 11 is 11.9. The standard InChI is InChI=1S/C17H14Cl2O3/c1-21-13-6-7-14(17(10-13)22-2)16(20)8-4-11-3-5-12(18)9-15(11)19/h3-10H,1-2H3. The van der Waals surface area contributed by atoms with Gasteiger partial charge in [0.2, 0.25) is 0 Å². The van der Waals surface area contributed by atoms with Gasteiger partial charge in [0.05, 0.1) is 19.8 Å². The molecule has 0 aromatic heterocycles. The number of methoxy groups -OCH3 is 2. The molecule has 0 atom stereocenters. The van der Waals surface area contributed by atoms with Crippen LogP contribution in [0.2, 0.25) is 10.0 Å². The van der Waals surface area contributed by atoms with E-state index in [9.17, 15) is 4.79 Å². The van der Waals surface area contributed by atoms with Crippen LogP contribution in [0.4, 0.5) is 0 Å². The maximum absolute atomic E-state index is 12.3. The molecule has 2 rings (SSSR count). The summed E-state index contributed by atoms with van der Waals surface area (Å²) in [6, 6.07) is 10.1. The van der Waals surface area contributed by atoms with Crippen molar-refractivity contribution in [2.24, 2.45) is 0 Å². The second-order valence-corrected chi connectivity index (χ2v) is 5.27. The highest BCUT2D eigenvalue weighted by Crippen LogP contribution is 2.26. The van der Waals surface area contributed by atoms with E-state index >= 15 is 0 Å². The Hall–Kier alpha value is -1.97. The van der Waals surface area contributed by atoms with Crippen molar-refractivity contribution in [2.45, 2.75) is 0 Å². The Morgan fingerprint density at radius 2 is 1.82 bits per heavy atom. The Kier molecular flexibility index (Phi) is 5.47. The van der Waals surface area contributed by atoms with Crippen LogP contribution < -0.4 is 9.47 Å². The molecule has 0 amide bonds. The number of rotatable bonds is 5. The third kappa shape index (κ3) is 3.81. The molecule has 0 aliphatic heterocycles. The van der Waals surface area contributed by atoms with Crippen molar-refractivity contribution in [3.8, 4) is 11.5 Å². The van der Waals surface area contributed by atoms with Crippen molar-refractivity contribution in [1.29, 1.82) is 0 Å². The Bertz CT molecular complexity index is 724. The average molecular weight is 337 g/mol. The van der Waals surface area contributed by atoms with Gasteiger partial charge in [-0.25, -0.2) is 0 Å². The summed E-state index contributed by atoms with van der Waals surface area (Å²) < 4.78 is 10.3. The summed E-state index contributed by atoms with van der Waals surface area (Å²) in [7, 11) is 3.06. The summed E-state index contributed by atoms with van der Waals surface area (Å²) in [6.45, 7) is 0. The fourth-order valence-corrected chi connectivity index (χ4v) is 2.37. The van der Waals surface area contributed by atoms with E-state index in [0.717, 1.165) is 0 Å². The lowest BCUT2D eigenvalue weighted by atomic mass is 10.1. The highest BCUT2D eigenvalue weighted by Gasteiger charge is 2.11. The predicted octanol–water partition coefficient (Wildman–Crippen LogP) is 4.91. The molecular weight excluding hydrogens is 323 g/mol. The van der Waals surface area contributed by atoms with Gasteiger partial charge in [0.15, 0.2) is 5.78 Å². The third-order valence-electron chi connectivity index (χ3n) is 3.05. The number of carbonyl (C=O) groups is 1. The molecule has 0 fully saturated rings. The maximum atomic E-state index is 12.3. The van der Waals surface area contributed by atoms with Crippen molar-refractivity contribution in [3.05, 3.63) is 63.6 Å². The van der Waals surface area contributed by atoms with Gasteiger partial charge in [-0.3, -0.25) is 4.79 Å². The Balaban J connectivity index is 2.27. The number of benzene rings is 2. The van der Waals surface area contributed by atoms with Gasteiger partial charge < -0.3 is 9.47 Å². The number of hydrogen-bond acceptors (Lipinski definition) is 3. The second-order valence-electron chi connectivity index (χ2n) is 4.43. The van der Waals surface area contributed by atoms with E-state index in [2.05, 4.69) is 0 Å². The molecule has 2 aromatic rings. The van der Waals surface area contributed by atoms with Crippen molar-refractivity contribution in [1.82, 2.24) is 0 Å². The molecule has 114 valence electrons.